The van der Waals surface area contributed by atoms with E-state index in [1.807, 2.05) is 19.1 Å². The van der Waals surface area contributed by atoms with Crippen molar-refractivity contribution < 1.29 is 48.4 Å². The number of phenolic OH excluding ortho intramolecular Hbond substituents is 2. The number of benzene rings is 3. The summed E-state index contributed by atoms with van der Waals surface area (Å²) in [6, 6.07) is 15.6. The Morgan fingerprint density at radius 3 is 1.52 bits per heavy atom. The molecule has 0 aliphatic carbocycles. The fourth-order valence-electron chi connectivity index (χ4n) is 6.43. The van der Waals surface area contributed by atoms with E-state index in [1.165, 1.54) is 55.3 Å². The molecule has 14 nitrogen and oxygen atoms in total. The monoisotopic (exact) mass is 804 g/mol. The van der Waals surface area contributed by atoms with Crippen LogP contribution < -0.4 is 10.1 Å². The van der Waals surface area contributed by atoms with Crippen LogP contribution in [0.3, 0.4) is 0 Å². The number of carbonyl (C=O) groups is 5. The first-order valence-electron chi connectivity index (χ1n) is 19.4. The SMILES string of the molecule is CC[C@H](C)[C@@H](OC(=O)[C@H](Cc1ccc(OC)cc1)N(C)C)C(=O)N[C@@H](C(=O)N(C)[C@@H](Cc1ccc(O)cc1)C(=O)N(C)[C@@H](Cc1ccc(O)cc1)C(=O)OC)C(C)C. The van der Waals surface area contributed by atoms with Gasteiger partial charge in [0, 0.05) is 32.9 Å². The lowest BCUT2D eigenvalue weighted by Gasteiger charge is -2.36. The maximum Gasteiger partial charge on any atom is 0.328 e. The van der Waals surface area contributed by atoms with Crippen molar-refractivity contribution in [2.24, 2.45) is 11.8 Å². The van der Waals surface area contributed by atoms with E-state index in [1.54, 1.807) is 83.3 Å². The number of esters is 2. The Balaban J connectivity index is 1.92. The molecule has 0 aliphatic rings. The summed E-state index contributed by atoms with van der Waals surface area (Å²) in [5.41, 5.74) is 2.15. The van der Waals surface area contributed by atoms with Crippen molar-refractivity contribution in [2.45, 2.75) is 83.6 Å². The van der Waals surface area contributed by atoms with Crippen LogP contribution in [0.25, 0.3) is 0 Å². The zero-order chi connectivity index (χ0) is 43.3. The Bertz CT molecular complexity index is 1820. The second-order valence-electron chi connectivity index (χ2n) is 15.2. The van der Waals surface area contributed by atoms with Gasteiger partial charge in [-0.2, -0.15) is 0 Å². The molecule has 3 N–H and O–H groups in total. The average Bonchev–Trinajstić information content (AvgIpc) is 3.21. The normalized spacial score (nSPS) is 14.3. The van der Waals surface area contributed by atoms with Crippen LogP contribution in [-0.4, -0.2) is 127 Å². The van der Waals surface area contributed by atoms with Crippen molar-refractivity contribution >= 4 is 29.7 Å². The number of phenols is 2. The molecule has 6 atom stereocenters. The van der Waals surface area contributed by atoms with Crippen LogP contribution in [0.1, 0.15) is 50.8 Å². The van der Waals surface area contributed by atoms with Gasteiger partial charge in [0.05, 0.1) is 14.2 Å². The Morgan fingerprint density at radius 1 is 0.638 bits per heavy atom. The smallest absolute Gasteiger partial charge is 0.328 e. The maximum atomic E-state index is 14.5. The molecule has 14 heteroatoms. The Kier molecular flexibility index (Phi) is 17.5. The Morgan fingerprint density at radius 2 is 1.09 bits per heavy atom. The summed E-state index contributed by atoms with van der Waals surface area (Å²) in [6.07, 6.45) is -0.341. The van der Waals surface area contributed by atoms with E-state index in [0.29, 0.717) is 29.7 Å². The minimum Gasteiger partial charge on any atom is -0.508 e. The third-order valence-electron chi connectivity index (χ3n) is 10.5. The lowest BCUT2D eigenvalue weighted by Crippen LogP contribution is -2.59. The summed E-state index contributed by atoms with van der Waals surface area (Å²) in [5.74, 6) is -3.22. The van der Waals surface area contributed by atoms with Gasteiger partial charge in [0.25, 0.3) is 5.91 Å². The van der Waals surface area contributed by atoms with Gasteiger partial charge < -0.3 is 39.5 Å². The lowest BCUT2D eigenvalue weighted by molar-refractivity contribution is -0.164. The quantitative estimate of drug-likeness (QED) is 0.141. The summed E-state index contributed by atoms with van der Waals surface area (Å²) in [5, 5.41) is 22.6. The van der Waals surface area contributed by atoms with E-state index in [0.717, 1.165) is 5.56 Å². The van der Waals surface area contributed by atoms with Crippen LogP contribution in [0.5, 0.6) is 17.2 Å². The summed E-state index contributed by atoms with van der Waals surface area (Å²) in [6.45, 7) is 7.18. The third-order valence-corrected chi connectivity index (χ3v) is 10.5. The number of amides is 3. The highest BCUT2D eigenvalue weighted by molar-refractivity contribution is 5.95. The summed E-state index contributed by atoms with van der Waals surface area (Å²) >= 11 is 0. The molecule has 0 bridgehead atoms. The molecule has 0 fully saturated rings. The van der Waals surface area contributed by atoms with Gasteiger partial charge in [-0.25, -0.2) is 4.79 Å². The van der Waals surface area contributed by atoms with Crippen LogP contribution in [0.2, 0.25) is 0 Å². The fraction of sp³-hybridized carbons (Fsp3) is 0.477. The van der Waals surface area contributed by atoms with Crippen molar-refractivity contribution in [1.29, 1.82) is 0 Å². The van der Waals surface area contributed by atoms with E-state index in [2.05, 4.69) is 5.32 Å². The van der Waals surface area contributed by atoms with E-state index >= 15 is 0 Å². The highest BCUT2D eigenvalue weighted by Crippen LogP contribution is 2.22. The highest BCUT2D eigenvalue weighted by Gasteiger charge is 2.40. The number of rotatable bonds is 20. The first kappa shape index (κ1) is 46.8. The molecule has 3 rings (SSSR count). The molecule has 0 aliphatic heterocycles. The van der Waals surface area contributed by atoms with Crippen LogP contribution in [0.15, 0.2) is 72.8 Å². The van der Waals surface area contributed by atoms with Gasteiger partial charge in [0.2, 0.25) is 11.8 Å². The number of nitrogens with one attached hydrogen (secondary N) is 1. The summed E-state index contributed by atoms with van der Waals surface area (Å²) < 4.78 is 16.3. The molecule has 0 aromatic heterocycles. The van der Waals surface area contributed by atoms with Gasteiger partial charge in [0.1, 0.15) is 41.4 Å². The van der Waals surface area contributed by atoms with Gasteiger partial charge in [-0.3, -0.25) is 24.1 Å². The van der Waals surface area contributed by atoms with Gasteiger partial charge >= 0.3 is 11.9 Å². The van der Waals surface area contributed by atoms with Crippen LogP contribution >= 0.6 is 0 Å². The Hall–Kier alpha value is -5.63. The van der Waals surface area contributed by atoms with Crippen molar-refractivity contribution in [3.05, 3.63) is 89.5 Å². The molecule has 316 valence electrons. The van der Waals surface area contributed by atoms with Gasteiger partial charge in [-0.05, 0) is 85.9 Å². The molecule has 0 unspecified atom stereocenters. The van der Waals surface area contributed by atoms with Crippen molar-refractivity contribution in [3.63, 3.8) is 0 Å². The van der Waals surface area contributed by atoms with Gasteiger partial charge in [-0.1, -0.05) is 64.1 Å². The molecule has 3 aromatic carbocycles. The zero-order valence-electron chi connectivity index (χ0n) is 35.3. The minimum atomic E-state index is -1.23. The van der Waals surface area contributed by atoms with E-state index < -0.39 is 71.8 Å². The number of carbonyl (C=O) groups excluding carboxylic acids is 5. The van der Waals surface area contributed by atoms with E-state index in [9.17, 15) is 34.2 Å². The molecule has 3 amide bonds. The molecule has 58 heavy (non-hydrogen) atoms. The number of methoxy groups -OCH3 is 2. The molecular weight excluding hydrogens is 745 g/mol. The number of nitrogens with zero attached hydrogens (tertiary/aromatic N) is 3. The van der Waals surface area contributed by atoms with Gasteiger partial charge in [0.15, 0.2) is 6.10 Å². The Labute approximate surface area is 342 Å². The zero-order valence-corrected chi connectivity index (χ0v) is 35.3. The first-order valence-corrected chi connectivity index (χ1v) is 19.4. The molecule has 0 heterocycles. The fourth-order valence-corrected chi connectivity index (χ4v) is 6.43. The molecule has 0 radical (unpaired) electrons. The van der Waals surface area contributed by atoms with Crippen molar-refractivity contribution in [1.82, 2.24) is 20.0 Å². The number of likely N-dealkylation sites (N-methyl/N-ethyl adjacent to an activating group) is 3. The number of hydrogen-bond acceptors (Lipinski definition) is 11. The van der Waals surface area contributed by atoms with Crippen molar-refractivity contribution in [3.8, 4) is 17.2 Å². The average molecular weight is 805 g/mol. The van der Waals surface area contributed by atoms with Crippen LogP contribution in [-0.2, 0) is 52.7 Å². The second-order valence-corrected chi connectivity index (χ2v) is 15.2. The summed E-state index contributed by atoms with van der Waals surface area (Å²) in [7, 11) is 9.21. The molecular formula is C44H60N4O10. The van der Waals surface area contributed by atoms with E-state index in [-0.39, 0.29) is 24.3 Å². The molecule has 0 saturated heterocycles. The second kappa shape index (κ2) is 21.8. The number of ether oxygens (including phenoxy) is 3. The minimum absolute atomic E-state index is 0.00475. The first-order chi connectivity index (χ1) is 27.4. The number of aromatic hydroxyl groups is 2. The predicted molar refractivity (Wildman–Crippen MR) is 219 cm³/mol. The number of hydrogen-bond donors (Lipinski definition) is 3. The standard InChI is InChI=1S/C44H60N4O10/c1-11-28(4)39(58-44(55)36(46(5)6)25-31-16-22-34(56-9)23-17-31)40(51)45-38(27(2)3)42(53)47(7)35(24-29-12-18-32(49)19-13-29)41(52)48(8)37(43(54)57-10)26-30-14-20-33(50)21-15-30/h12-23,27-28,35-39,49-50H,11,24-26H2,1-10H3,(H,45,51)/t28-,35-,36-,37-,38+,39+/m0/s1. The topological polar surface area (TPSA) is 175 Å². The third kappa shape index (κ3) is 12.7. The van der Waals surface area contributed by atoms with Crippen LogP contribution in [0, 0.1) is 11.8 Å². The molecule has 0 saturated carbocycles. The van der Waals surface area contributed by atoms with E-state index in [4.69, 9.17) is 14.2 Å². The van der Waals surface area contributed by atoms with Crippen LogP contribution in [0.4, 0.5) is 0 Å². The van der Waals surface area contributed by atoms with Crippen molar-refractivity contribution in [2.75, 3.05) is 42.4 Å². The molecule has 0 spiro atoms. The highest BCUT2D eigenvalue weighted by atomic mass is 16.6. The largest absolute Gasteiger partial charge is 0.508 e. The predicted octanol–water partition coefficient (Wildman–Crippen LogP) is 3.99. The summed E-state index contributed by atoms with van der Waals surface area (Å²) in [4.78, 5) is 74.2. The van der Waals surface area contributed by atoms with Gasteiger partial charge in [-0.15, -0.1) is 0 Å². The molecule has 3 aromatic rings. The maximum absolute atomic E-state index is 14.5. The lowest BCUT2D eigenvalue weighted by atomic mass is 9.96.